The van der Waals surface area contributed by atoms with Crippen LogP contribution in [0.1, 0.15) is 34.1 Å². The van der Waals surface area contributed by atoms with E-state index in [0.29, 0.717) is 0 Å². The zero-order chi connectivity index (χ0) is 22.8. The van der Waals surface area contributed by atoms with Gasteiger partial charge in [0, 0.05) is 63.2 Å². The first kappa shape index (κ1) is 24.5. The van der Waals surface area contributed by atoms with E-state index in [4.69, 9.17) is 4.99 Å². The van der Waals surface area contributed by atoms with Crippen LogP contribution < -0.4 is 4.90 Å². The van der Waals surface area contributed by atoms with Crippen molar-refractivity contribution < 1.29 is 0 Å². The van der Waals surface area contributed by atoms with Gasteiger partial charge in [-0.2, -0.15) is 0 Å². The Morgan fingerprint density at radius 2 is 1.81 bits per heavy atom. The molecule has 2 aromatic rings. The van der Waals surface area contributed by atoms with Crippen molar-refractivity contribution in [2.45, 2.75) is 34.1 Å². The molecule has 3 heterocycles. The van der Waals surface area contributed by atoms with Gasteiger partial charge in [-0.25, -0.2) is 9.98 Å². The summed E-state index contributed by atoms with van der Waals surface area (Å²) in [5.74, 6) is 1.89. The largest absolute Gasteiger partial charge is 0.354 e. The topological polar surface area (TPSA) is 47.9 Å². The normalized spacial score (nSPS) is 15.5. The lowest BCUT2D eigenvalue weighted by atomic mass is 10.2. The Bertz CT molecular complexity index is 904. The van der Waals surface area contributed by atoms with E-state index in [2.05, 4.69) is 78.3 Å². The van der Waals surface area contributed by atoms with Crippen LogP contribution in [-0.4, -0.2) is 72.4 Å². The van der Waals surface area contributed by atoms with Crippen molar-refractivity contribution in [3.05, 3.63) is 54.5 Å². The minimum Gasteiger partial charge on any atom is -0.354 e. The Balaban J connectivity index is 0.00000107. The van der Waals surface area contributed by atoms with E-state index in [1.807, 2.05) is 31.5 Å². The minimum atomic E-state index is 0.756. The Kier molecular flexibility index (Phi) is 9.66. The SMILES string of the molecule is C=C(C)N=C(/C=C(\C)CN(C)c1nccc2cccnc12)N1CCN(C)CC1.CCC. The molecule has 0 atom stereocenters. The number of allylic oxidation sites excluding steroid dienone is 1. The number of hydrogen-bond donors (Lipinski definition) is 0. The number of fused-ring (bicyclic) bond motifs is 1. The van der Waals surface area contributed by atoms with Crippen molar-refractivity contribution in [3.8, 4) is 0 Å². The van der Waals surface area contributed by atoms with Gasteiger partial charge in [0.25, 0.3) is 0 Å². The summed E-state index contributed by atoms with van der Waals surface area (Å²) in [5.41, 5.74) is 2.97. The lowest BCUT2D eigenvalue weighted by Gasteiger charge is -2.34. The van der Waals surface area contributed by atoms with Crippen molar-refractivity contribution in [1.82, 2.24) is 19.8 Å². The molecule has 6 nitrogen and oxygen atoms in total. The summed E-state index contributed by atoms with van der Waals surface area (Å²) in [6.45, 7) is 17.1. The van der Waals surface area contributed by atoms with Gasteiger partial charge >= 0.3 is 0 Å². The molecule has 1 aliphatic rings. The van der Waals surface area contributed by atoms with Gasteiger partial charge in [0.15, 0.2) is 5.82 Å². The van der Waals surface area contributed by atoms with Gasteiger partial charge in [-0.15, -0.1) is 0 Å². The number of likely N-dealkylation sites (N-methyl/N-ethyl adjacent to an activating group) is 2. The molecule has 0 unspecified atom stereocenters. The zero-order valence-electron chi connectivity index (χ0n) is 20.1. The maximum atomic E-state index is 4.70. The molecule has 0 aromatic carbocycles. The van der Waals surface area contributed by atoms with Crippen LogP contribution in [0.5, 0.6) is 0 Å². The van der Waals surface area contributed by atoms with Crippen LogP contribution in [0.3, 0.4) is 0 Å². The molecule has 0 spiro atoms. The van der Waals surface area contributed by atoms with Crippen LogP contribution in [0.25, 0.3) is 10.9 Å². The fraction of sp³-hybridized carbons (Fsp3) is 0.480. The molecule has 0 saturated carbocycles. The number of amidine groups is 1. The number of rotatable bonds is 5. The molecule has 168 valence electrons. The van der Waals surface area contributed by atoms with Gasteiger partial charge in [-0.3, -0.25) is 4.98 Å². The summed E-state index contributed by atoms with van der Waals surface area (Å²) >= 11 is 0. The molecule has 1 aliphatic heterocycles. The van der Waals surface area contributed by atoms with Gasteiger partial charge in [0.2, 0.25) is 0 Å². The number of aromatic nitrogens is 2. The molecule has 3 rings (SSSR count). The summed E-state index contributed by atoms with van der Waals surface area (Å²) in [6.07, 6.45) is 7.08. The van der Waals surface area contributed by atoms with E-state index < -0.39 is 0 Å². The van der Waals surface area contributed by atoms with Crippen LogP contribution in [0.15, 0.2) is 59.5 Å². The molecule has 0 aliphatic carbocycles. The molecule has 31 heavy (non-hydrogen) atoms. The Morgan fingerprint density at radius 1 is 1.13 bits per heavy atom. The molecule has 0 bridgehead atoms. The third-order valence-electron chi connectivity index (χ3n) is 4.86. The molecule has 6 heteroatoms. The molecule has 2 aromatic heterocycles. The summed E-state index contributed by atoms with van der Waals surface area (Å²) in [7, 11) is 4.22. The second kappa shape index (κ2) is 12.2. The molecule has 0 N–H and O–H groups in total. The lowest BCUT2D eigenvalue weighted by molar-refractivity contribution is 0.216. The van der Waals surface area contributed by atoms with E-state index >= 15 is 0 Å². The third kappa shape index (κ3) is 7.47. The highest BCUT2D eigenvalue weighted by Crippen LogP contribution is 2.21. The quantitative estimate of drug-likeness (QED) is 0.520. The van der Waals surface area contributed by atoms with Crippen LogP contribution in [0.2, 0.25) is 0 Å². The van der Waals surface area contributed by atoms with Crippen molar-refractivity contribution in [1.29, 1.82) is 0 Å². The predicted molar refractivity (Wildman–Crippen MR) is 134 cm³/mol. The highest BCUT2D eigenvalue weighted by Gasteiger charge is 2.17. The summed E-state index contributed by atoms with van der Waals surface area (Å²) in [4.78, 5) is 20.6. The van der Waals surface area contributed by atoms with Gasteiger partial charge in [-0.1, -0.05) is 38.5 Å². The standard InChI is InChI=1S/C22H30N6.C3H8/c1-17(2)25-20(28-13-11-26(4)12-14-28)15-18(3)16-27(5)22-21-19(8-10-24-22)7-6-9-23-21;1-3-2/h6-10,15H,1,11-14,16H2,2-5H3;3H2,1-2H3/b18-15+,25-20?;. The Labute approximate surface area is 188 Å². The summed E-state index contributed by atoms with van der Waals surface area (Å²) in [6, 6.07) is 6.01. The monoisotopic (exact) mass is 422 g/mol. The fourth-order valence-electron chi connectivity index (χ4n) is 3.41. The van der Waals surface area contributed by atoms with E-state index in [9.17, 15) is 0 Å². The molecule has 1 fully saturated rings. The molecule has 1 saturated heterocycles. The van der Waals surface area contributed by atoms with Crippen molar-refractivity contribution in [2.75, 3.05) is 51.7 Å². The second-order valence-corrected chi connectivity index (χ2v) is 8.26. The van der Waals surface area contributed by atoms with E-state index in [1.54, 1.807) is 0 Å². The van der Waals surface area contributed by atoms with Crippen molar-refractivity contribution in [3.63, 3.8) is 0 Å². The van der Waals surface area contributed by atoms with Gasteiger partial charge in [0.1, 0.15) is 11.4 Å². The van der Waals surface area contributed by atoms with Gasteiger partial charge in [-0.05, 0) is 39.1 Å². The number of aliphatic imine (C=N–C) groups is 1. The van der Waals surface area contributed by atoms with Crippen LogP contribution in [0, 0.1) is 0 Å². The lowest BCUT2D eigenvalue weighted by Crippen LogP contribution is -2.46. The van der Waals surface area contributed by atoms with E-state index in [1.165, 1.54) is 12.0 Å². The van der Waals surface area contributed by atoms with Crippen molar-refractivity contribution in [2.24, 2.45) is 4.99 Å². The number of hydrogen-bond acceptors (Lipinski definition) is 5. The van der Waals surface area contributed by atoms with Crippen LogP contribution >= 0.6 is 0 Å². The molecule has 0 amide bonds. The first-order valence-corrected chi connectivity index (χ1v) is 11.1. The first-order valence-electron chi connectivity index (χ1n) is 11.1. The summed E-state index contributed by atoms with van der Waals surface area (Å²) < 4.78 is 0. The number of pyridine rings is 2. The van der Waals surface area contributed by atoms with Crippen molar-refractivity contribution >= 4 is 22.6 Å². The number of nitrogens with zero attached hydrogens (tertiary/aromatic N) is 6. The smallest absolute Gasteiger partial charge is 0.155 e. The Morgan fingerprint density at radius 3 is 2.45 bits per heavy atom. The minimum absolute atomic E-state index is 0.756. The van der Waals surface area contributed by atoms with E-state index in [-0.39, 0.29) is 0 Å². The van der Waals surface area contributed by atoms with E-state index in [0.717, 1.165) is 61.0 Å². The zero-order valence-corrected chi connectivity index (χ0v) is 20.1. The average molecular weight is 423 g/mol. The predicted octanol–water partition coefficient (Wildman–Crippen LogP) is 4.61. The highest BCUT2D eigenvalue weighted by atomic mass is 15.3. The number of anilines is 1. The van der Waals surface area contributed by atoms with Crippen LogP contribution in [-0.2, 0) is 0 Å². The third-order valence-corrected chi connectivity index (χ3v) is 4.86. The first-order chi connectivity index (χ1) is 14.8. The maximum absolute atomic E-state index is 4.70. The molecule has 0 radical (unpaired) electrons. The fourth-order valence-corrected chi connectivity index (χ4v) is 3.41. The molecular formula is C25H38N6. The maximum Gasteiger partial charge on any atom is 0.155 e. The van der Waals surface area contributed by atoms with Gasteiger partial charge < -0.3 is 14.7 Å². The number of piperazine rings is 1. The van der Waals surface area contributed by atoms with Gasteiger partial charge in [0.05, 0.1) is 0 Å². The Hall–Kier alpha value is -2.73. The molecular weight excluding hydrogens is 384 g/mol. The highest BCUT2D eigenvalue weighted by molar-refractivity contribution is 5.94. The summed E-state index contributed by atoms with van der Waals surface area (Å²) in [5, 5.41) is 1.10. The average Bonchev–Trinajstić information content (AvgIpc) is 2.73. The van der Waals surface area contributed by atoms with Crippen LogP contribution in [0.4, 0.5) is 5.82 Å². The second-order valence-electron chi connectivity index (χ2n) is 8.26.